The maximum Gasteiger partial charge on any atom is 0.119 e. The molecule has 19 heavy (non-hydrogen) atoms. The molecule has 3 rings (SSSR count). The molecule has 0 fully saturated rings. The van der Waals surface area contributed by atoms with Crippen molar-refractivity contribution in [3.63, 3.8) is 0 Å². The van der Waals surface area contributed by atoms with Crippen LogP contribution in [-0.2, 0) is 13.0 Å². The second-order valence-electron chi connectivity index (χ2n) is 4.86. The zero-order valence-corrected chi connectivity index (χ0v) is 11.2. The lowest BCUT2D eigenvalue weighted by Gasteiger charge is -2.11. The Balaban J connectivity index is 1.60. The van der Waals surface area contributed by atoms with E-state index in [0.717, 1.165) is 18.7 Å². The van der Waals surface area contributed by atoms with Crippen molar-refractivity contribution in [2.24, 2.45) is 0 Å². The van der Waals surface area contributed by atoms with Crippen LogP contribution in [0.25, 0.3) is 0 Å². The number of hydrogen-bond donors (Lipinski definition) is 1. The van der Waals surface area contributed by atoms with Gasteiger partial charge in [0.25, 0.3) is 0 Å². The Kier molecular flexibility index (Phi) is 3.51. The summed E-state index contributed by atoms with van der Waals surface area (Å²) in [6.07, 6.45) is 6.05. The first-order valence-corrected chi connectivity index (χ1v) is 6.77. The first kappa shape index (κ1) is 12.2. The number of hydrogen-bond acceptors (Lipinski definition) is 3. The minimum absolute atomic E-state index is 0.508. The molecule has 100 valence electrons. The molecule has 2 aromatic rings. The lowest BCUT2D eigenvalue weighted by molar-refractivity contribution is 0.291. The van der Waals surface area contributed by atoms with Crippen LogP contribution in [0.2, 0.25) is 0 Å². The molecular weight excluding hydrogens is 238 g/mol. The summed E-state index contributed by atoms with van der Waals surface area (Å²) in [6, 6.07) is 8.86. The van der Waals surface area contributed by atoms with Gasteiger partial charge in [-0.3, -0.25) is 4.68 Å². The monoisotopic (exact) mass is 257 g/mol. The zero-order chi connectivity index (χ0) is 13.1. The summed E-state index contributed by atoms with van der Waals surface area (Å²) in [5, 5.41) is 7.50. The van der Waals surface area contributed by atoms with Crippen molar-refractivity contribution < 1.29 is 4.74 Å². The van der Waals surface area contributed by atoms with Gasteiger partial charge in [-0.1, -0.05) is 6.07 Å². The summed E-state index contributed by atoms with van der Waals surface area (Å²) in [5.74, 6) is 0.961. The molecule has 0 amide bonds. The fraction of sp³-hybridized carbons (Fsp3) is 0.400. The van der Waals surface area contributed by atoms with Crippen LogP contribution >= 0.6 is 0 Å². The fourth-order valence-electron chi connectivity index (χ4n) is 2.67. The van der Waals surface area contributed by atoms with Crippen molar-refractivity contribution in [3.05, 3.63) is 47.8 Å². The van der Waals surface area contributed by atoms with Crippen molar-refractivity contribution in [2.75, 3.05) is 13.7 Å². The molecule has 4 heteroatoms. The van der Waals surface area contributed by atoms with E-state index in [2.05, 4.69) is 28.6 Å². The highest BCUT2D eigenvalue weighted by Crippen LogP contribution is 2.33. The Labute approximate surface area is 113 Å². The van der Waals surface area contributed by atoms with Gasteiger partial charge in [-0.05, 0) is 49.2 Å². The Morgan fingerprint density at radius 2 is 2.42 bits per heavy atom. The molecule has 1 aromatic heterocycles. The maximum atomic E-state index is 5.79. The zero-order valence-electron chi connectivity index (χ0n) is 11.2. The summed E-state index contributed by atoms with van der Waals surface area (Å²) in [6.45, 7) is 1.43. The summed E-state index contributed by atoms with van der Waals surface area (Å²) in [4.78, 5) is 0. The van der Waals surface area contributed by atoms with Gasteiger partial charge in [-0.2, -0.15) is 5.10 Å². The van der Waals surface area contributed by atoms with Crippen LogP contribution in [0.4, 0.5) is 0 Å². The minimum atomic E-state index is 0.508. The second kappa shape index (κ2) is 5.45. The number of fused-ring (bicyclic) bond motifs is 1. The molecule has 1 aromatic carbocycles. The SMILES string of the molecule is CNC1CCc2cc(OCCn3cccn3)ccc21. The molecule has 0 aliphatic heterocycles. The van der Waals surface area contributed by atoms with Crippen LogP contribution < -0.4 is 10.1 Å². The first-order chi connectivity index (χ1) is 9.36. The smallest absolute Gasteiger partial charge is 0.119 e. The Morgan fingerprint density at radius 3 is 3.21 bits per heavy atom. The minimum Gasteiger partial charge on any atom is -0.492 e. The van der Waals surface area contributed by atoms with Crippen molar-refractivity contribution in [1.29, 1.82) is 0 Å². The van der Waals surface area contributed by atoms with E-state index in [0.29, 0.717) is 12.6 Å². The summed E-state index contributed by atoms with van der Waals surface area (Å²) in [5.41, 5.74) is 2.83. The molecule has 0 bridgehead atoms. The molecule has 0 saturated heterocycles. The maximum absolute atomic E-state index is 5.79. The predicted octanol–water partition coefficient (Wildman–Crippen LogP) is 2.17. The van der Waals surface area contributed by atoms with Crippen molar-refractivity contribution in [2.45, 2.75) is 25.4 Å². The van der Waals surface area contributed by atoms with Crippen LogP contribution in [0.3, 0.4) is 0 Å². The Bertz CT molecular complexity index is 536. The number of benzene rings is 1. The molecule has 1 unspecified atom stereocenters. The van der Waals surface area contributed by atoms with Gasteiger partial charge in [0.2, 0.25) is 0 Å². The number of aromatic nitrogens is 2. The molecule has 1 aliphatic carbocycles. The van der Waals surface area contributed by atoms with Gasteiger partial charge < -0.3 is 10.1 Å². The highest BCUT2D eigenvalue weighted by molar-refractivity contribution is 5.40. The quantitative estimate of drug-likeness (QED) is 0.892. The fourth-order valence-corrected chi connectivity index (χ4v) is 2.67. The molecule has 1 N–H and O–H groups in total. The lowest BCUT2D eigenvalue weighted by Crippen LogP contribution is -2.12. The molecule has 0 saturated carbocycles. The van der Waals surface area contributed by atoms with Crippen molar-refractivity contribution in [3.8, 4) is 5.75 Å². The standard InChI is InChI=1S/C15H19N3O/c1-16-15-6-3-12-11-13(4-5-14(12)15)19-10-9-18-8-2-7-17-18/h2,4-5,7-8,11,15-16H,3,6,9-10H2,1H3. The molecule has 1 heterocycles. The van der Waals surface area contributed by atoms with Crippen LogP contribution in [0, 0.1) is 0 Å². The number of aryl methyl sites for hydroxylation is 1. The molecule has 0 radical (unpaired) electrons. The topological polar surface area (TPSA) is 39.1 Å². The molecular formula is C15H19N3O. The summed E-state index contributed by atoms with van der Waals surface area (Å²) >= 11 is 0. The predicted molar refractivity (Wildman–Crippen MR) is 74.3 cm³/mol. The van der Waals surface area contributed by atoms with Gasteiger partial charge in [0.1, 0.15) is 12.4 Å². The van der Waals surface area contributed by atoms with Gasteiger partial charge in [-0.15, -0.1) is 0 Å². The van der Waals surface area contributed by atoms with Gasteiger partial charge in [0.15, 0.2) is 0 Å². The van der Waals surface area contributed by atoms with Gasteiger partial charge in [-0.25, -0.2) is 0 Å². The lowest BCUT2D eigenvalue weighted by atomic mass is 10.1. The van der Waals surface area contributed by atoms with Crippen LogP contribution in [0.15, 0.2) is 36.7 Å². The van der Waals surface area contributed by atoms with E-state index in [1.807, 2.05) is 24.0 Å². The van der Waals surface area contributed by atoms with Gasteiger partial charge >= 0.3 is 0 Å². The summed E-state index contributed by atoms with van der Waals surface area (Å²) < 4.78 is 7.67. The van der Waals surface area contributed by atoms with E-state index in [4.69, 9.17) is 4.74 Å². The van der Waals surface area contributed by atoms with Crippen LogP contribution in [0.5, 0.6) is 5.75 Å². The normalized spacial score (nSPS) is 17.4. The average Bonchev–Trinajstić information content (AvgIpc) is 3.07. The van der Waals surface area contributed by atoms with Crippen LogP contribution in [-0.4, -0.2) is 23.4 Å². The van der Waals surface area contributed by atoms with E-state index in [9.17, 15) is 0 Å². The Morgan fingerprint density at radius 1 is 1.47 bits per heavy atom. The number of ether oxygens (including phenoxy) is 1. The highest BCUT2D eigenvalue weighted by Gasteiger charge is 2.20. The van der Waals surface area contributed by atoms with E-state index < -0.39 is 0 Å². The number of rotatable bonds is 5. The third kappa shape index (κ3) is 2.63. The average molecular weight is 257 g/mol. The van der Waals surface area contributed by atoms with Gasteiger partial charge in [0, 0.05) is 18.4 Å². The third-order valence-electron chi connectivity index (χ3n) is 3.69. The Hall–Kier alpha value is -1.81. The molecule has 1 aliphatic rings. The highest BCUT2D eigenvalue weighted by atomic mass is 16.5. The molecule has 0 spiro atoms. The summed E-state index contributed by atoms with van der Waals surface area (Å²) in [7, 11) is 2.02. The number of nitrogens with zero attached hydrogens (tertiary/aromatic N) is 2. The van der Waals surface area contributed by atoms with Gasteiger partial charge in [0.05, 0.1) is 6.54 Å². The van der Waals surface area contributed by atoms with E-state index in [1.165, 1.54) is 17.5 Å². The third-order valence-corrected chi connectivity index (χ3v) is 3.69. The largest absolute Gasteiger partial charge is 0.492 e. The van der Waals surface area contributed by atoms with E-state index >= 15 is 0 Å². The molecule has 4 nitrogen and oxygen atoms in total. The van der Waals surface area contributed by atoms with E-state index in [1.54, 1.807) is 6.20 Å². The second-order valence-corrected chi connectivity index (χ2v) is 4.86. The first-order valence-electron chi connectivity index (χ1n) is 6.77. The van der Waals surface area contributed by atoms with Crippen molar-refractivity contribution >= 4 is 0 Å². The molecule has 1 atom stereocenters. The number of nitrogens with one attached hydrogen (secondary N) is 1. The van der Waals surface area contributed by atoms with Crippen LogP contribution in [0.1, 0.15) is 23.6 Å². The van der Waals surface area contributed by atoms with Crippen molar-refractivity contribution in [1.82, 2.24) is 15.1 Å². The van der Waals surface area contributed by atoms with E-state index in [-0.39, 0.29) is 0 Å².